The van der Waals surface area contributed by atoms with E-state index in [9.17, 15) is 9.59 Å². The molecule has 0 unspecified atom stereocenters. The highest BCUT2D eigenvalue weighted by molar-refractivity contribution is 5.86. The van der Waals surface area contributed by atoms with Gasteiger partial charge in [0.25, 0.3) is 0 Å². The van der Waals surface area contributed by atoms with Crippen LogP contribution in [-0.2, 0) is 22.6 Å². The summed E-state index contributed by atoms with van der Waals surface area (Å²) in [6.07, 6.45) is 6.51. The fourth-order valence-corrected chi connectivity index (χ4v) is 1.78. The zero-order chi connectivity index (χ0) is 17.1. The molecule has 0 atom stereocenters. The van der Waals surface area contributed by atoms with Crippen molar-refractivity contribution >= 4 is 12.0 Å². The van der Waals surface area contributed by atoms with Crippen LogP contribution in [0.4, 0.5) is 4.79 Å². The second-order valence-electron chi connectivity index (χ2n) is 5.07. The molecule has 0 bridgehead atoms. The van der Waals surface area contributed by atoms with Gasteiger partial charge in [-0.25, -0.2) is 18.7 Å². The Kier molecular flexibility index (Phi) is 8.45. The number of carbonyl (C=O) groups is 2. The van der Waals surface area contributed by atoms with Crippen molar-refractivity contribution in [3.63, 3.8) is 0 Å². The third-order valence-corrected chi connectivity index (χ3v) is 2.95. The molecule has 1 aromatic rings. The number of urea groups is 1. The van der Waals surface area contributed by atoms with Crippen molar-refractivity contribution in [2.75, 3.05) is 26.3 Å². The maximum atomic E-state index is 11.5. The second kappa shape index (κ2) is 10.4. The molecule has 0 saturated carbocycles. The number of aliphatic hydroxyl groups is 1. The van der Waals surface area contributed by atoms with E-state index >= 15 is 0 Å². The molecule has 8 nitrogen and oxygen atoms in total. The molecule has 8 heteroatoms. The normalized spacial score (nSPS) is 10.2. The summed E-state index contributed by atoms with van der Waals surface area (Å²) in [5, 5.41) is 14.2. The Morgan fingerprint density at radius 3 is 2.78 bits per heavy atom. The number of nitrogens with zero attached hydrogens (tertiary/aromatic N) is 2. The predicted octanol–water partition coefficient (Wildman–Crippen LogP) is -0.423. The van der Waals surface area contributed by atoms with Crippen molar-refractivity contribution < 1.29 is 24.0 Å². The molecule has 0 aliphatic rings. The zero-order valence-electron chi connectivity index (χ0n) is 13.5. The largest absolute Gasteiger partial charge is 0.460 e. The van der Waals surface area contributed by atoms with Crippen LogP contribution in [0.25, 0.3) is 0 Å². The molecule has 0 aromatic carbocycles. The van der Waals surface area contributed by atoms with E-state index in [2.05, 4.69) is 17.2 Å². The maximum absolute atomic E-state index is 11.5. The molecule has 1 aromatic heterocycles. The lowest BCUT2D eigenvalue weighted by Gasteiger charge is -2.07. The Hall–Kier alpha value is -2.35. The summed E-state index contributed by atoms with van der Waals surface area (Å²) >= 11 is 0. The summed E-state index contributed by atoms with van der Waals surface area (Å²) in [4.78, 5) is 22.6. The summed E-state index contributed by atoms with van der Waals surface area (Å²) in [5.41, 5.74) is 0.333. The smallest absolute Gasteiger partial charge is 0.333 e. The number of rotatable bonds is 10. The monoisotopic (exact) mass is 325 g/mol. The average molecular weight is 325 g/mol. The minimum Gasteiger partial charge on any atom is -0.460 e. The van der Waals surface area contributed by atoms with Crippen LogP contribution in [0.5, 0.6) is 0 Å². The number of amides is 2. The van der Waals surface area contributed by atoms with Gasteiger partial charge in [0, 0.05) is 18.5 Å². The molecule has 2 amide bonds. The summed E-state index contributed by atoms with van der Waals surface area (Å²) < 4.78 is 8.74. The highest BCUT2D eigenvalue weighted by Gasteiger charge is 2.05. The Morgan fingerprint density at radius 1 is 1.35 bits per heavy atom. The molecular weight excluding hydrogens is 300 g/mol. The molecule has 0 aliphatic heterocycles. The standard InChI is InChI=1S/C15H24N4O4/c1-13(2)14(21)23-11-5-17-15(22)16-4-3-6-18-7-8-19(12-18)9-10-20/h7-8,12,20H,1,3-6,9-11H2,2H3,(H-,16,17,22)/p+1. The van der Waals surface area contributed by atoms with E-state index in [0.717, 1.165) is 13.0 Å². The molecule has 128 valence electrons. The molecule has 0 spiro atoms. The van der Waals surface area contributed by atoms with E-state index in [1.807, 2.05) is 27.9 Å². The fourth-order valence-electron chi connectivity index (χ4n) is 1.78. The number of hydrogen-bond donors (Lipinski definition) is 3. The summed E-state index contributed by atoms with van der Waals surface area (Å²) in [6, 6.07) is -0.292. The minimum atomic E-state index is -0.461. The van der Waals surface area contributed by atoms with Gasteiger partial charge >= 0.3 is 12.0 Å². The van der Waals surface area contributed by atoms with Crippen molar-refractivity contribution in [2.45, 2.75) is 26.4 Å². The first-order valence-electron chi connectivity index (χ1n) is 7.53. The van der Waals surface area contributed by atoms with Crippen LogP contribution in [0.3, 0.4) is 0 Å². The lowest BCUT2D eigenvalue weighted by atomic mass is 10.4. The molecule has 1 heterocycles. The Morgan fingerprint density at radius 2 is 2.09 bits per heavy atom. The van der Waals surface area contributed by atoms with Gasteiger partial charge in [-0.05, 0) is 6.92 Å². The van der Waals surface area contributed by atoms with Crippen molar-refractivity contribution in [1.29, 1.82) is 0 Å². The third-order valence-electron chi connectivity index (χ3n) is 2.95. The van der Waals surface area contributed by atoms with Crippen LogP contribution >= 0.6 is 0 Å². The highest BCUT2D eigenvalue weighted by atomic mass is 16.5. The first kappa shape index (κ1) is 18.7. The van der Waals surface area contributed by atoms with Gasteiger partial charge < -0.3 is 20.5 Å². The molecule has 0 aliphatic carbocycles. The van der Waals surface area contributed by atoms with E-state index in [1.165, 1.54) is 0 Å². The number of hydrogen-bond acceptors (Lipinski definition) is 4. The first-order valence-corrected chi connectivity index (χ1v) is 7.53. The van der Waals surface area contributed by atoms with E-state index < -0.39 is 5.97 Å². The van der Waals surface area contributed by atoms with Crippen LogP contribution in [0, 0.1) is 0 Å². The van der Waals surface area contributed by atoms with Gasteiger partial charge in [-0.2, -0.15) is 0 Å². The van der Waals surface area contributed by atoms with Gasteiger partial charge in [0.15, 0.2) is 0 Å². The van der Waals surface area contributed by atoms with Gasteiger partial charge in [-0.1, -0.05) is 6.58 Å². The molecule has 1 rings (SSSR count). The third kappa shape index (κ3) is 8.01. The van der Waals surface area contributed by atoms with Crippen molar-refractivity contribution in [2.24, 2.45) is 0 Å². The number of aryl methyl sites for hydroxylation is 1. The molecular formula is C15H25N4O4+. The van der Waals surface area contributed by atoms with Gasteiger partial charge in [0.05, 0.1) is 19.7 Å². The second-order valence-corrected chi connectivity index (χ2v) is 5.07. The Labute approximate surface area is 135 Å². The topological polar surface area (TPSA) is 96.5 Å². The number of aliphatic hydroxyl groups excluding tert-OH is 1. The van der Waals surface area contributed by atoms with Crippen LogP contribution in [0.2, 0.25) is 0 Å². The summed E-state index contributed by atoms with van der Waals surface area (Å²) in [5.74, 6) is -0.461. The number of nitrogens with one attached hydrogen (secondary N) is 2. The highest BCUT2D eigenvalue weighted by Crippen LogP contribution is 1.90. The number of ether oxygens (including phenoxy) is 1. The van der Waals surface area contributed by atoms with Gasteiger partial charge in [0.2, 0.25) is 6.33 Å². The van der Waals surface area contributed by atoms with E-state index in [0.29, 0.717) is 18.7 Å². The van der Waals surface area contributed by atoms with Gasteiger partial charge in [-0.15, -0.1) is 0 Å². The van der Waals surface area contributed by atoms with Crippen LogP contribution in [0.15, 0.2) is 30.9 Å². The molecule has 0 saturated heterocycles. The van der Waals surface area contributed by atoms with Crippen LogP contribution in [-0.4, -0.2) is 48.0 Å². The Balaban J connectivity index is 2.05. The average Bonchev–Trinajstić information content (AvgIpc) is 2.95. The SMILES string of the molecule is C=C(C)C(=O)OCCNC(=O)NCCC[n+]1ccn(CCO)c1. The summed E-state index contributed by atoms with van der Waals surface area (Å²) in [7, 11) is 0. The minimum absolute atomic E-state index is 0.109. The van der Waals surface area contributed by atoms with E-state index in [-0.39, 0.29) is 25.8 Å². The van der Waals surface area contributed by atoms with Crippen molar-refractivity contribution in [3.05, 3.63) is 30.9 Å². The molecule has 3 N–H and O–H groups in total. The van der Waals surface area contributed by atoms with E-state index in [4.69, 9.17) is 9.84 Å². The number of aromatic nitrogens is 2. The number of carbonyl (C=O) groups excluding carboxylic acids is 2. The van der Waals surface area contributed by atoms with Crippen molar-refractivity contribution in [1.82, 2.24) is 15.2 Å². The predicted molar refractivity (Wildman–Crippen MR) is 83.5 cm³/mol. The number of imidazole rings is 1. The lowest BCUT2D eigenvalue weighted by Crippen LogP contribution is -2.39. The fraction of sp³-hybridized carbons (Fsp3) is 0.533. The van der Waals surface area contributed by atoms with Gasteiger partial charge in [0.1, 0.15) is 25.5 Å². The lowest BCUT2D eigenvalue weighted by molar-refractivity contribution is -0.696. The van der Waals surface area contributed by atoms with Gasteiger partial charge in [-0.3, -0.25) is 0 Å². The first-order chi connectivity index (χ1) is 11.0. The molecule has 0 radical (unpaired) electrons. The quantitative estimate of drug-likeness (QED) is 0.235. The number of esters is 1. The molecule has 0 fully saturated rings. The summed E-state index contributed by atoms with van der Waals surface area (Å²) in [6.45, 7) is 7.40. The zero-order valence-corrected chi connectivity index (χ0v) is 13.5. The maximum Gasteiger partial charge on any atom is 0.333 e. The van der Waals surface area contributed by atoms with Crippen molar-refractivity contribution in [3.8, 4) is 0 Å². The van der Waals surface area contributed by atoms with Crippen LogP contribution < -0.4 is 15.2 Å². The van der Waals surface area contributed by atoms with Crippen LogP contribution in [0.1, 0.15) is 13.3 Å². The van der Waals surface area contributed by atoms with E-state index in [1.54, 1.807) is 6.92 Å². The Bertz CT molecular complexity index is 527. The molecule has 23 heavy (non-hydrogen) atoms.